The van der Waals surface area contributed by atoms with Crippen molar-refractivity contribution in [3.63, 3.8) is 0 Å². The number of benzene rings is 1. The molecular formula is C17H27NO. The van der Waals surface area contributed by atoms with Gasteiger partial charge in [-0.25, -0.2) is 0 Å². The van der Waals surface area contributed by atoms with Gasteiger partial charge in [0, 0.05) is 11.6 Å². The second-order valence-corrected chi connectivity index (χ2v) is 5.49. The molecule has 1 atom stereocenters. The van der Waals surface area contributed by atoms with Crippen LogP contribution >= 0.6 is 0 Å². The first-order valence-electron chi connectivity index (χ1n) is 7.75. The molecule has 1 aliphatic carbocycles. The lowest BCUT2D eigenvalue weighted by Gasteiger charge is -2.27. The van der Waals surface area contributed by atoms with E-state index in [4.69, 9.17) is 4.74 Å². The second-order valence-electron chi connectivity index (χ2n) is 5.49. The van der Waals surface area contributed by atoms with E-state index in [9.17, 15) is 0 Å². The third kappa shape index (κ3) is 3.73. The lowest BCUT2D eigenvalue weighted by molar-refractivity contribution is 0.305. The van der Waals surface area contributed by atoms with Crippen LogP contribution in [0.15, 0.2) is 24.3 Å². The Kier molecular flexibility index (Phi) is 5.71. The van der Waals surface area contributed by atoms with Crippen molar-refractivity contribution in [2.75, 3.05) is 13.7 Å². The Morgan fingerprint density at radius 3 is 2.47 bits per heavy atom. The quantitative estimate of drug-likeness (QED) is 0.797. The molecule has 0 spiro atoms. The van der Waals surface area contributed by atoms with Crippen molar-refractivity contribution in [2.24, 2.45) is 5.92 Å². The number of rotatable bonds is 5. The molecule has 0 radical (unpaired) electrons. The van der Waals surface area contributed by atoms with Crippen LogP contribution in [-0.2, 0) is 0 Å². The summed E-state index contributed by atoms with van der Waals surface area (Å²) in [6.45, 7) is 2.79. The van der Waals surface area contributed by atoms with Crippen LogP contribution in [0, 0.1) is 5.92 Å². The van der Waals surface area contributed by atoms with Crippen LogP contribution < -0.4 is 10.1 Å². The van der Waals surface area contributed by atoms with Gasteiger partial charge >= 0.3 is 0 Å². The van der Waals surface area contributed by atoms with E-state index in [0.29, 0.717) is 6.04 Å². The van der Waals surface area contributed by atoms with Gasteiger partial charge in [-0.3, -0.25) is 0 Å². The number of nitrogens with one attached hydrogen (secondary N) is 1. The van der Waals surface area contributed by atoms with E-state index in [0.717, 1.165) is 18.3 Å². The molecule has 1 N–H and O–H groups in total. The van der Waals surface area contributed by atoms with E-state index in [1.54, 1.807) is 0 Å². The minimum absolute atomic E-state index is 0.431. The fourth-order valence-corrected chi connectivity index (χ4v) is 3.31. The summed E-state index contributed by atoms with van der Waals surface area (Å²) in [5, 5.41) is 3.53. The van der Waals surface area contributed by atoms with E-state index in [1.165, 1.54) is 44.1 Å². The first-order chi connectivity index (χ1) is 9.36. The van der Waals surface area contributed by atoms with E-state index >= 15 is 0 Å². The molecule has 2 nitrogen and oxygen atoms in total. The highest BCUT2D eigenvalue weighted by Gasteiger charge is 2.25. The summed E-state index contributed by atoms with van der Waals surface area (Å²) in [5.41, 5.74) is 1.33. The fraction of sp³-hybridized carbons (Fsp3) is 0.647. The maximum absolute atomic E-state index is 5.80. The van der Waals surface area contributed by atoms with Gasteiger partial charge in [-0.05, 0) is 38.8 Å². The van der Waals surface area contributed by atoms with Crippen molar-refractivity contribution in [1.82, 2.24) is 5.32 Å². The van der Waals surface area contributed by atoms with Crippen molar-refractivity contribution < 1.29 is 4.74 Å². The molecule has 0 amide bonds. The molecule has 1 aromatic carbocycles. The zero-order valence-electron chi connectivity index (χ0n) is 12.3. The van der Waals surface area contributed by atoms with Gasteiger partial charge < -0.3 is 10.1 Å². The third-order valence-electron chi connectivity index (χ3n) is 4.24. The van der Waals surface area contributed by atoms with Crippen LogP contribution in [0.2, 0.25) is 0 Å². The van der Waals surface area contributed by atoms with E-state index in [2.05, 4.69) is 43.6 Å². The van der Waals surface area contributed by atoms with Gasteiger partial charge in [0.05, 0.1) is 6.61 Å². The van der Waals surface area contributed by atoms with Gasteiger partial charge in [-0.1, -0.05) is 43.9 Å². The fourth-order valence-electron chi connectivity index (χ4n) is 3.31. The third-order valence-corrected chi connectivity index (χ3v) is 4.24. The van der Waals surface area contributed by atoms with Crippen molar-refractivity contribution in [1.29, 1.82) is 0 Å². The summed E-state index contributed by atoms with van der Waals surface area (Å²) >= 11 is 0. The van der Waals surface area contributed by atoms with Crippen LogP contribution in [0.3, 0.4) is 0 Å². The largest absolute Gasteiger partial charge is 0.494 e. The average Bonchev–Trinajstić information content (AvgIpc) is 2.71. The van der Waals surface area contributed by atoms with Crippen LogP contribution in [0.4, 0.5) is 0 Å². The Bertz CT molecular complexity index is 369. The Morgan fingerprint density at radius 2 is 1.84 bits per heavy atom. The van der Waals surface area contributed by atoms with Gasteiger partial charge in [0.2, 0.25) is 0 Å². The molecule has 2 heteroatoms. The molecule has 0 aliphatic heterocycles. The van der Waals surface area contributed by atoms with Crippen molar-refractivity contribution >= 4 is 0 Å². The maximum atomic E-state index is 5.80. The number of para-hydroxylation sites is 1. The second kappa shape index (κ2) is 7.54. The molecule has 19 heavy (non-hydrogen) atoms. The Morgan fingerprint density at radius 1 is 1.16 bits per heavy atom. The van der Waals surface area contributed by atoms with Gasteiger partial charge in [-0.2, -0.15) is 0 Å². The molecule has 1 unspecified atom stereocenters. The zero-order chi connectivity index (χ0) is 13.5. The molecule has 1 fully saturated rings. The van der Waals surface area contributed by atoms with E-state index in [-0.39, 0.29) is 0 Å². The highest BCUT2D eigenvalue weighted by molar-refractivity contribution is 5.36. The summed E-state index contributed by atoms with van der Waals surface area (Å²) in [4.78, 5) is 0. The Labute approximate surface area is 117 Å². The summed E-state index contributed by atoms with van der Waals surface area (Å²) in [5.74, 6) is 1.79. The topological polar surface area (TPSA) is 21.3 Å². The average molecular weight is 261 g/mol. The van der Waals surface area contributed by atoms with Gasteiger partial charge in [0.25, 0.3) is 0 Å². The summed E-state index contributed by atoms with van der Waals surface area (Å²) in [6.07, 6.45) is 8.23. The van der Waals surface area contributed by atoms with Crippen LogP contribution in [0.5, 0.6) is 5.75 Å². The van der Waals surface area contributed by atoms with E-state index in [1.807, 2.05) is 0 Å². The minimum atomic E-state index is 0.431. The Balaban J connectivity index is 2.20. The van der Waals surface area contributed by atoms with E-state index < -0.39 is 0 Å². The van der Waals surface area contributed by atoms with Crippen molar-refractivity contribution in [2.45, 2.75) is 51.5 Å². The maximum Gasteiger partial charge on any atom is 0.124 e. The van der Waals surface area contributed by atoms with Crippen LogP contribution in [-0.4, -0.2) is 13.7 Å². The first-order valence-corrected chi connectivity index (χ1v) is 7.75. The molecule has 1 aliphatic rings. The molecule has 0 heterocycles. The molecule has 1 aromatic rings. The van der Waals surface area contributed by atoms with Crippen LogP contribution in [0.1, 0.15) is 57.1 Å². The molecule has 0 aromatic heterocycles. The zero-order valence-corrected chi connectivity index (χ0v) is 12.3. The SMILES string of the molecule is CCOc1ccccc1C(NC)C1CCCCCC1. The number of ether oxygens (including phenoxy) is 1. The predicted molar refractivity (Wildman–Crippen MR) is 80.6 cm³/mol. The lowest BCUT2D eigenvalue weighted by atomic mass is 9.87. The molecule has 0 bridgehead atoms. The monoisotopic (exact) mass is 261 g/mol. The number of hydrogen-bond acceptors (Lipinski definition) is 2. The minimum Gasteiger partial charge on any atom is -0.494 e. The standard InChI is InChI=1S/C17H27NO/c1-3-19-16-13-9-8-12-15(16)17(18-2)14-10-6-4-5-7-11-14/h8-9,12-14,17-18H,3-7,10-11H2,1-2H3. The normalized spacial score (nSPS) is 18.8. The summed E-state index contributed by atoms with van der Waals surface area (Å²) in [7, 11) is 2.08. The van der Waals surface area contributed by atoms with Gasteiger partial charge in [0.15, 0.2) is 0 Å². The summed E-state index contributed by atoms with van der Waals surface area (Å²) in [6, 6.07) is 8.94. The van der Waals surface area contributed by atoms with Gasteiger partial charge in [0.1, 0.15) is 5.75 Å². The number of hydrogen-bond donors (Lipinski definition) is 1. The molecular weight excluding hydrogens is 234 g/mol. The van der Waals surface area contributed by atoms with Gasteiger partial charge in [-0.15, -0.1) is 0 Å². The Hall–Kier alpha value is -1.02. The molecule has 0 saturated heterocycles. The molecule has 2 rings (SSSR count). The molecule has 1 saturated carbocycles. The highest BCUT2D eigenvalue weighted by Crippen LogP contribution is 2.36. The highest BCUT2D eigenvalue weighted by atomic mass is 16.5. The predicted octanol–water partition coefficient (Wildman–Crippen LogP) is 4.32. The first kappa shape index (κ1) is 14.4. The smallest absolute Gasteiger partial charge is 0.124 e. The van der Waals surface area contributed by atoms with Crippen LogP contribution in [0.25, 0.3) is 0 Å². The van der Waals surface area contributed by atoms with Crippen molar-refractivity contribution in [3.8, 4) is 5.75 Å². The lowest BCUT2D eigenvalue weighted by Crippen LogP contribution is -2.25. The van der Waals surface area contributed by atoms with Crippen molar-refractivity contribution in [3.05, 3.63) is 29.8 Å². The summed E-state index contributed by atoms with van der Waals surface area (Å²) < 4.78 is 5.80. The molecule has 106 valence electrons.